The summed E-state index contributed by atoms with van der Waals surface area (Å²) in [4.78, 5) is 17.7. The highest BCUT2D eigenvalue weighted by Crippen LogP contribution is 2.50. The van der Waals surface area contributed by atoms with Gasteiger partial charge in [-0.05, 0) is 5.92 Å². The van der Waals surface area contributed by atoms with Crippen LogP contribution in [0.1, 0.15) is 27.2 Å². The second-order valence-electron chi connectivity index (χ2n) is 6.47. The van der Waals surface area contributed by atoms with Crippen molar-refractivity contribution < 1.29 is 4.79 Å². The van der Waals surface area contributed by atoms with Gasteiger partial charge in [0.05, 0.1) is 17.5 Å². The first-order valence-electron chi connectivity index (χ1n) is 6.50. The Morgan fingerprint density at radius 2 is 1.81 bits per heavy atom. The van der Waals surface area contributed by atoms with Crippen LogP contribution in [0.3, 0.4) is 0 Å². The molecule has 4 rings (SSSR count). The zero-order valence-corrected chi connectivity index (χ0v) is 10.6. The molecule has 90 valence electrons. The third kappa shape index (κ3) is 1.13. The van der Waals surface area contributed by atoms with E-state index in [1.54, 1.807) is 0 Å². The van der Waals surface area contributed by atoms with Crippen LogP contribution in [0.5, 0.6) is 0 Å². The van der Waals surface area contributed by atoms with Gasteiger partial charge in [-0.1, -0.05) is 27.2 Å². The largest absolute Gasteiger partial charge is 0.298 e. The van der Waals surface area contributed by atoms with E-state index in [1.165, 1.54) is 0 Å². The van der Waals surface area contributed by atoms with Crippen molar-refractivity contribution in [2.24, 2.45) is 16.7 Å². The van der Waals surface area contributed by atoms with Crippen molar-refractivity contribution >= 4 is 5.78 Å². The lowest BCUT2D eigenvalue weighted by atomic mass is 9.57. The van der Waals surface area contributed by atoms with Crippen molar-refractivity contribution in [3.8, 4) is 0 Å². The lowest BCUT2D eigenvalue weighted by Crippen LogP contribution is -2.76. The highest BCUT2D eigenvalue weighted by Gasteiger charge is 2.62. The maximum Gasteiger partial charge on any atom is 0.150 e. The van der Waals surface area contributed by atoms with E-state index in [9.17, 15) is 4.79 Å². The number of hydrogen-bond acceptors (Lipinski definition) is 3. The van der Waals surface area contributed by atoms with Crippen LogP contribution in [0, 0.1) is 16.7 Å². The Bertz CT molecular complexity index is 325. The average Bonchev–Trinajstić information content (AvgIpc) is 2.23. The summed E-state index contributed by atoms with van der Waals surface area (Å²) >= 11 is 0. The second-order valence-corrected chi connectivity index (χ2v) is 6.47. The van der Waals surface area contributed by atoms with Gasteiger partial charge in [0.2, 0.25) is 0 Å². The number of carbonyl (C=O) groups is 1. The quantitative estimate of drug-likeness (QED) is 0.701. The maximum atomic E-state index is 12.8. The summed E-state index contributed by atoms with van der Waals surface area (Å²) in [6.45, 7) is 11.7. The fourth-order valence-electron chi connectivity index (χ4n) is 4.29. The van der Waals surface area contributed by atoms with Gasteiger partial charge in [-0.25, -0.2) is 0 Å². The molecule has 0 radical (unpaired) electrons. The van der Waals surface area contributed by atoms with Gasteiger partial charge in [-0.2, -0.15) is 0 Å². The topological polar surface area (TPSA) is 23.6 Å². The van der Waals surface area contributed by atoms with Crippen molar-refractivity contribution in [3.05, 3.63) is 0 Å². The molecule has 4 aliphatic rings. The molecular weight excluding hydrogens is 200 g/mol. The molecule has 0 spiro atoms. The van der Waals surface area contributed by atoms with E-state index in [-0.39, 0.29) is 10.8 Å². The van der Waals surface area contributed by atoms with E-state index in [4.69, 9.17) is 0 Å². The molecule has 4 bridgehead atoms. The lowest BCUT2D eigenvalue weighted by Gasteiger charge is -2.63. The van der Waals surface area contributed by atoms with Crippen LogP contribution in [-0.4, -0.2) is 48.4 Å². The molecule has 2 unspecified atom stereocenters. The van der Waals surface area contributed by atoms with Gasteiger partial charge in [0.25, 0.3) is 0 Å². The van der Waals surface area contributed by atoms with Crippen LogP contribution < -0.4 is 0 Å². The number of piperidine rings is 2. The first-order valence-corrected chi connectivity index (χ1v) is 6.50. The number of nitrogens with zero attached hydrogens (tertiary/aromatic N) is 2. The Balaban J connectivity index is 2.03. The Morgan fingerprint density at radius 3 is 2.31 bits per heavy atom. The molecule has 3 nitrogen and oxygen atoms in total. The first-order chi connectivity index (χ1) is 7.50. The molecule has 0 amide bonds. The van der Waals surface area contributed by atoms with Crippen LogP contribution >= 0.6 is 0 Å². The molecule has 16 heavy (non-hydrogen) atoms. The molecule has 0 aromatic carbocycles. The molecule has 0 aliphatic carbocycles. The molecule has 0 saturated carbocycles. The Hall–Kier alpha value is -0.410. The minimum absolute atomic E-state index is 0.0573. The minimum Gasteiger partial charge on any atom is -0.298 e. The number of hydrogen-bond donors (Lipinski definition) is 0. The second kappa shape index (κ2) is 3.08. The van der Waals surface area contributed by atoms with Gasteiger partial charge < -0.3 is 0 Å². The Morgan fingerprint density at radius 1 is 1.25 bits per heavy atom. The summed E-state index contributed by atoms with van der Waals surface area (Å²) in [6, 6.07) is 0. The number of carbonyl (C=O) groups excluding carboxylic acids is 1. The van der Waals surface area contributed by atoms with E-state index in [0.29, 0.717) is 11.7 Å². The monoisotopic (exact) mass is 222 g/mol. The summed E-state index contributed by atoms with van der Waals surface area (Å²) in [5.41, 5.74) is -0.142. The van der Waals surface area contributed by atoms with Crippen molar-refractivity contribution in [2.45, 2.75) is 27.2 Å². The minimum atomic E-state index is -0.0851. The lowest BCUT2D eigenvalue weighted by molar-refractivity contribution is -0.188. The smallest absolute Gasteiger partial charge is 0.150 e. The number of ketones is 1. The number of Topliss-reactive ketones (excluding diaryl/α,β-unsaturated/α-hetero) is 1. The maximum absolute atomic E-state index is 12.8. The fourth-order valence-corrected chi connectivity index (χ4v) is 4.29. The fraction of sp³-hybridized carbons (Fsp3) is 0.923. The molecule has 3 heteroatoms. The summed E-state index contributed by atoms with van der Waals surface area (Å²) in [5, 5.41) is 0. The molecule has 4 aliphatic heterocycles. The molecular formula is C13H22N2O. The van der Waals surface area contributed by atoms with Crippen molar-refractivity contribution in [3.63, 3.8) is 0 Å². The van der Waals surface area contributed by atoms with Gasteiger partial charge in [0.1, 0.15) is 5.78 Å². The standard InChI is InChI=1S/C13H22N2O/c1-4-10(2)13-7-14-5-12(3,11(13)16)6-15(8-13)9-14/h10H,4-9H2,1-3H3/t10-,12?,13?/m0/s1. The van der Waals surface area contributed by atoms with Crippen LogP contribution in [0.2, 0.25) is 0 Å². The van der Waals surface area contributed by atoms with E-state index in [0.717, 1.165) is 39.3 Å². The summed E-state index contributed by atoms with van der Waals surface area (Å²) in [6.07, 6.45) is 1.11. The Labute approximate surface area is 97.8 Å². The van der Waals surface area contributed by atoms with Crippen molar-refractivity contribution in [1.29, 1.82) is 0 Å². The van der Waals surface area contributed by atoms with Gasteiger partial charge in [-0.3, -0.25) is 14.6 Å². The molecule has 4 saturated heterocycles. The first kappa shape index (κ1) is 10.7. The van der Waals surface area contributed by atoms with Crippen LogP contribution in [0.15, 0.2) is 0 Å². The number of rotatable bonds is 2. The van der Waals surface area contributed by atoms with E-state index in [2.05, 4.69) is 30.6 Å². The molecule has 3 atom stereocenters. The van der Waals surface area contributed by atoms with Gasteiger partial charge in [-0.15, -0.1) is 0 Å². The third-order valence-electron chi connectivity index (χ3n) is 5.11. The zero-order chi connectivity index (χ0) is 11.6. The van der Waals surface area contributed by atoms with E-state index >= 15 is 0 Å². The van der Waals surface area contributed by atoms with Crippen molar-refractivity contribution in [1.82, 2.24) is 9.80 Å². The summed E-state index contributed by atoms with van der Waals surface area (Å²) in [7, 11) is 0. The summed E-state index contributed by atoms with van der Waals surface area (Å²) in [5.74, 6) is 1.08. The normalized spacial score (nSPS) is 52.1. The SMILES string of the molecule is CC[C@H](C)C12CN3CN(CC(C)(C3)C1=O)C2. The van der Waals surface area contributed by atoms with Gasteiger partial charge in [0, 0.05) is 26.2 Å². The molecule has 0 aromatic rings. The molecule has 0 N–H and O–H groups in total. The zero-order valence-electron chi connectivity index (χ0n) is 10.6. The molecule has 4 fully saturated rings. The van der Waals surface area contributed by atoms with E-state index in [1.807, 2.05) is 0 Å². The van der Waals surface area contributed by atoms with Crippen LogP contribution in [0.4, 0.5) is 0 Å². The van der Waals surface area contributed by atoms with Crippen molar-refractivity contribution in [2.75, 3.05) is 32.8 Å². The highest BCUT2D eigenvalue weighted by atomic mass is 16.1. The predicted molar refractivity (Wildman–Crippen MR) is 63.0 cm³/mol. The summed E-state index contributed by atoms with van der Waals surface area (Å²) < 4.78 is 0. The van der Waals surface area contributed by atoms with Crippen LogP contribution in [-0.2, 0) is 4.79 Å². The van der Waals surface area contributed by atoms with Gasteiger partial charge in [0.15, 0.2) is 0 Å². The predicted octanol–water partition coefficient (Wildman–Crippen LogP) is 1.20. The Kier molecular flexibility index (Phi) is 2.06. The average molecular weight is 222 g/mol. The van der Waals surface area contributed by atoms with E-state index < -0.39 is 0 Å². The molecule has 0 aromatic heterocycles. The third-order valence-corrected chi connectivity index (χ3v) is 5.11. The van der Waals surface area contributed by atoms with Crippen LogP contribution in [0.25, 0.3) is 0 Å². The van der Waals surface area contributed by atoms with Gasteiger partial charge >= 0.3 is 0 Å². The molecule has 4 heterocycles. The highest BCUT2D eigenvalue weighted by molar-refractivity contribution is 5.93.